The molecular formula is C23H30N3O5-. The van der Waals surface area contributed by atoms with Crippen molar-refractivity contribution < 1.29 is 24.2 Å². The smallest absolute Gasteiger partial charge is 0.250 e. The summed E-state index contributed by atoms with van der Waals surface area (Å²) in [6, 6.07) is 8.71. The predicted molar refractivity (Wildman–Crippen MR) is 116 cm³/mol. The molecule has 8 nitrogen and oxygen atoms in total. The molecule has 0 spiro atoms. The zero-order chi connectivity index (χ0) is 23.4. The van der Waals surface area contributed by atoms with Crippen LogP contribution in [0.15, 0.2) is 36.5 Å². The Labute approximate surface area is 183 Å². The van der Waals surface area contributed by atoms with Crippen LogP contribution in [0.1, 0.15) is 46.6 Å². The predicted octanol–water partition coefficient (Wildman–Crippen LogP) is 3.74. The van der Waals surface area contributed by atoms with Crippen LogP contribution in [0.5, 0.6) is 17.4 Å². The van der Waals surface area contributed by atoms with E-state index in [9.17, 15) is 14.7 Å². The third-order valence-electron chi connectivity index (χ3n) is 5.12. The number of ether oxygens (including phenoxy) is 2. The van der Waals surface area contributed by atoms with Crippen LogP contribution in [-0.4, -0.2) is 40.1 Å². The summed E-state index contributed by atoms with van der Waals surface area (Å²) in [5.41, 5.74) is -0.720. The van der Waals surface area contributed by atoms with E-state index in [1.807, 2.05) is 19.1 Å². The molecule has 168 valence electrons. The molecule has 31 heavy (non-hydrogen) atoms. The number of aromatic nitrogens is 1. The van der Waals surface area contributed by atoms with Gasteiger partial charge in [-0.05, 0) is 58.7 Å². The fourth-order valence-corrected chi connectivity index (χ4v) is 3.40. The van der Waals surface area contributed by atoms with Crippen molar-refractivity contribution in [2.75, 3.05) is 12.4 Å². The van der Waals surface area contributed by atoms with E-state index in [2.05, 4.69) is 10.3 Å². The average molecular weight is 429 g/mol. The summed E-state index contributed by atoms with van der Waals surface area (Å²) >= 11 is 0. The van der Waals surface area contributed by atoms with Gasteiger partial charge in [-0.3, -0.25) is 4.79 Å². The highest BCUT2D eigenvalue weighted by Crippen LogP contribution is 2.30. The number of hydrogen-bond donors (Lipinski definition) is 1. The second-order valence-corrected chi connectivity index (χ2v) is 8.47. The Morgan fingerprint density at radius 1 is 1.16 bits per heavy atom. The van der Waals surface area contributed by atoms with Crippen LogP contribution in [0, 0.1) is 6.92 Å². The van der Waals surface area contributed by atoms with E-state index in [4.69, 9.17) is 9.47 Å². The maximum absolute atomic E-state index is 13.0. The first-order chi connectivity index (χ1) is 14.4. The average Bonchev–Trinajstić information content (AvgIpc) is 2.69. The number of hydrogen-bond acceptors (Lipinski definition) is 6. The Morgan fingerprint density at radius 3 is 2.32 bits per heavy atom. The van der Waals surface area contributed by atoms with Crippen LogP contribution in [0.3, 0.4) is 0 Å². The van der Waals surface area contributed by atoms with Gasteiger partial charge in [-0.1, -0.05) is 13.0 Å². The Kier molecular flexibility index (Phi) is 7.15. The Bertz CT molecular complexity index is 937. The Morgan fingerprint density at radius 2 is 1.84 bits per heavy atom. The molecule has 1 aromatic carbocycles. The third kappa shape index (κ3) is 5.45. The van der Waals surface area contributed by atoms with E-state index in [0.717, 1.165) is 10.5 Å². The number of amides is 2. The lowest BCUT2D eigenvalue weighted by Crippen LogP contribution is -2.66. The summed E-state index contributed by atoms with van der Waals surface area (Å²) in [5, 5.41) is 14.5. The highest BCUT2D eigenvalue weighted by Gasteiger charge is 2.43. The second-order valence-electron chi connectivity index (χ2n) is 8.47. The minimum atomic E-state index is -1.40. The molecule has 1 heterocycles. The van der Waals surface area contributed by atoms with Gasteiger partial charge in [0.15, 0.2) is 0 Å². The van der Waals surface area contributed by atoms with Crippen molar-refractivity contribution in [3.63, 3.8) is 0 Å². The first-order valence-corrected chi connectivity index (χ1v) is 10.0. The lowest BCUT2D eigenvalue weighted by molar-refractivity contribution is -0.277. The van der Waals surface area contributed by atoms with Gasteiger partial charge < -0.3 is 29.6 Å². The molecule has 0 aliphatic carbocycles. The van der Waals surface area contributed by atoms with Crippen LogP contribution in [-0.2, 0) is 4.79 Å². The van der Waals surface area contributed by atoms with Crippen molar-refractivity contribution in [3.8, 4) is 17.4 Å². The van der Waals surface area contributed by atoms with Gasteiger partial charge in [0.05, 0.1) is 19.0 Å². The van der Waals surface area contributed by atoms with E-state index >= 15 is 0 Å². The van der Waals surface area contributed by atoms with Crippen LogP contribution in [0.4, 0.5) is 10.5 Å². The maximum atomic E-state index is 13.0. The van der Waals surface area contributed by atoms with Crippen LogP contribution >= 0.6 is 0 Å². The monoisotopic (exact) mass is 428 g/mol. The number of nitrogens with one attached hydrogen (secondary N) is 1. The number of rotatable bonds is 7. The molecule has 2 aromatic rings. The fourth-order valence-electron chi connectivity index (χ4n) is 3.40. The van der Waals surface area contributed by atoms with Crippen molar-refractivity contribution in [2.45, 2.75) is 59.0 Å². The molecule has 1 atom stereocenters. The van der Waals surface area contributed by atoms with Gasteiger partial charge in [0, 0.05) is 17.7 Å². The molecule has 0 unspecified atom stereocenters. The number of aryl methyl sites for hydroxylation is 1. The summed E-state index contributed by atoms with van der Waals surface area (Å²) < 4.78 is 11.0. The molecule has 0 aliphatic heterocycles. The van der Waals surface area contributed by atoms with E-state index in [-0.39, 0.29) is 6.42 Å². The minimum Gasteiger partial charge on any atom is -0.530 e. The lowest BCUT2D eigenvalue weighted by Gasteiger charge is -2.49. The second kappa shape index (κ2) is 9.24. The summed E-state index contributed by atoms with van der Waals surface area (Å²) in [5.74, 6) is 1.15. The van der Waals surface area contributed by atoms with Crippen molar-refractivity contribution in [1.82, 2.24) is 9.88 Å². The van der Waals surface area contributed by atoms with Gasteiger partial charge in [-0.2, -0.15) is 0 Å². The lowest BCUT2D eigenvalue weighted by atomic mass is 9.89. The maximum Gasteiger partial charge on any atom is 0.250 e. The van der Waals surface area contributed by atoms with Crippen molar-refractivity contribution in [3.05, 3.63) is 42.1 Å². The molecule has 0 saturated carbocycles. The number of benzene rings is 1. The molecule has 0 fully saturated rings. The molecular weight excluding hydrogens is 398 g/mol. The van der Waals surface area contributed by atoms with Gasteiger partial charge in [0.25, 0.3) is 0 Å². The summed E-state index contributed by atoms with van der Waals surface area (Å²) in [6.07, 6.45) is 0.325. The van der Waals surface area contributed by atoms with Gasteiger partial charge >= 0.3 is 0 Å². The Hall–Kier alpha value is -3.29. The van der Waals surface area contributed by atoms with Crippen molar-refractivity contribution in [1.29, 1.82) is 0 Å². The molecule has 0 radical (unpaired) electrons. The highest BCUT2D eigenvalue weighted by atomic mass is 16.5. The normalized spacial score (nSPS) is 13.1. The molecule has 0 bridgehead atoms. The molecule has 2 rings (SSSR count). The number of methoxy groups -OCH3 is 1. The van der Waals surface area contributed by atoms with Gasteiger partial charge in [0.1, 0.15) is 23.1 Å². The standard InChI is InChI=1S/C23H31N3O5/c1-8-23(6,26(21(28)29)22(3,4)5)20(27)25-16-10-12-19(24-14-16)31-17-11-9-15(2)18(13-17)30-7/h9-14H,8H2,1-7H3,(H,25,27)(H,28,29)/p-1/t23-/m1/s1. The highest BCUT2D eigenvalue weighted by molar-refractivity contribution is 5.99. The third-order valence-corrected chi connectivity index (χ3v) is 5.12. The van der Waals surface area contributed by atoms with Gasteiger partial charge in [-0.25, -0.2) is 4.98 Å². The molecule has 8 heteroatoms. The SMILES string of the molecule is CC[C@](C)(C(=O)Nc1ccc(Oc2ccc(C)c(OC)c2)nc1)N(C(=O)[O-])C(C)(C)C. The first kappa shape index (κ1) is 24.0. The van der Waals surface area contributed by atoms with Crippen molar-refractivity contribution in [2.24, 2.45) is 0 Å². The van der Waals surface area contributed by atoms with Crippen LogP contribution in [0.25, 0.3) is 0 Å². The van der Waals surface area contributed by atoms with Crippen molar-refractivity contribution >= 4 is 17.7 Å². The van der Waals surface area contributed by atoms with E-state index < -0.39 is 23.1 Å². The largest absolute Gasteiger partial charge is 0.530 e. The summed E-state index contributed by atoms with van der Waals surface area (Å²) in [4.78, 5) is 30.1. The first-order valence-electron chi connectivity index (χ1n) is 10.0. The zero-order valence-electron chi connectivity index (χ0n) is 19.1. The number of carbonyl (C=O) groups excluding carboxylic acids is 2. The fraction of sp³-hybridized carbons (Fsp3) is 0.435. The number of nitrogens with zero attached hydrogens (tertiary/aromatic N) is 2. The van der Waals surface area contributed by atoms with Crippen LogP contribution < -0.4 is 19.9 Å². The Balaban J connectivity index is 2.17. The molecule has 2 amide bonds. The number of carboxylic acid groups (broad SMARTS) is 1. The number of carbonyl (C=O) groups is 2. The number of pyridine rings is 1. The quantitative estimate of drug-likeness (QED) is 0.720. The minimum absolute atomic E-state index is 0.272. The van der Waals surface area contributed by atoms with E-state index in [1.54, 1.807) is 59.9 Å². The molecule has 0 aliphatic rings. The van der Waals surface area contributed by atoms with E-state index in [1.165, 1.54) is 6.20 Å². The van der Waals surface area contributed by atoms with Gasteiger partial charge in [0.2, 0.25) is 11.8 Å². The van der Waals surface area contributed by atoms with Crippen LogP contribution in [0.2, 0.25) is 0 Å². The zero-order valence-corrected chi connectivity index (χ0v) is 19.1. The topological polar surface area (TPSA) is 104 Å². The van der Waals surface area contributed by atoms with E-state index in [0.29, 0.717) is 23.1 Å². The summed E-state index contributed by atoms with van der Waals surface area (Å²) in [7, 11) is 1.59. The molecule has 1 aromatic heterocycles. The summed E-state index contributed by atoms with van der Waals surface area (Å²) in [6.45, 7) is 10.4. The van der Waals surface area contributed by atoms with Gasteiger partial charge in [-0.15, -0.1) is 0 Å². The number of anilines is 1. The molecule has 0 saturated heterocycles. The molecule has 1 N–H and O–H groups in total.